The zero-order chi connectivity index (χ0) is 14.6. The van der Waals surface area contributed by atoms with Gasteiger partial charge in [0.2, 0.25) is 0 Å². The molecule has 1 rings (SSSR count). The van der Waals surface area contributed by atoms with E-state index in [2.05, 4.69) is 18.3 Å². The Morgan fingerprint density at radius 1 is 1.10 bits per heavy atom. The molecule has 0 heterocycles. The molecule has 1 aromatic carbocycles. The Balaban J connectivity index is 2.10. The number of rotatable bonds is 10. The van der Waals surface area contributed by atoms with Gasteiger partial charge in [-0.25, -0.2) is 0 Å². The quantitative estimate of drug-likeness (QED) is 0.642. The van der Waals surface area contributed by atoms with E-state index in [1.54, 1.807) is 12.1 Å². The summed E-state index contributed by atoms with van der Waals surface area (Å²) in [5.41, 5.74) is 1.49. The summed E-state index contributed by atoms with van der Waals surface area (Å²) in [6.07, 6.45) is 7.21. The van der Waals surface area contributed by atoms with Crippen molar-refractivity contribution >= 4 is 0 Å². The van der Waals surface area contributed by atoms with Crippen molar-refractivity contribution in [1.82, 2.24) is 5.32 Å². The van der Waals surface area contributed by atoms with Crippen LogP contribution < -0.4 is 5.32 Å². The first-order valence-corrected chi connectivity index (χ1v) is 7.66. The van der Waals surface area contributed by atoms with Crippen LogP contribution >= 0.6 is 0 Å². The van der Waals surface area contributed by atoms with Crippen LogP contribution in [-0.4, -0.2) is 18.2 Å². The minimum atomic E-state index is -0.497. The van der Waals surface area contributed by atoms with Crippen LogP contribution in [0.5, 0.6) is 0 Å². The molecular formula is C17H26N2O. The number of nitrogens with zero attached hydrogens (tertiary/aromatic N) is 1. The molecule has 0 aliphatic heterocycles. The first-order chi connectivity index (χ1) is 9.77. The number of benzene rings is 1. The summed E-state index contributed by atoms with van der Waals surface area (Å²) in [5, 5.41) is 22.0. The molecule has 1 atom stereocenters. The largest absolute Gasteiger partial charge is 0.387 e. The summed E-state index contributed by atoms with van der Waals surface area (Å²) < 4.78 is 0. The van der Waals surface area contributed by atoms with Crippen molar-refractivity contribution in [1.29, 1.82) is 5.26 Å². The molecule has 2 N–H and O–H groups in total. The molecule has 0 fully saturated rings. The molecule has 3 nitrogen and oxygen atoms in total. The second-order valence-corrected chi connectivity index (χ2v) is 5.22. The molecule has 1 aromatic rings. The normalized spacial score (nSPS) is 12.1. The van der Waals surface area contributed by atoms with Gasteiger partial charge in [0.15, 0.2) is 0 Å². The zero-order valence-corrected chi connectivity index (χ0v) is 12.4. The van der Waals surface area contributed by atoms with Crippen LogP contribution in [0.3, 0.4) is 0 Å². The lowest BCUT2D eigenvalue weighted by Crippen LogP contribution is -2.22. The van der Waals surface area contributed by atoms with Crippen molar-refractivity contribution in [2.45, 2.75) is 51.6 Å². The molecule has 0 radical (unpaired) electrons. The molecule has 0 aliphatic rings. The second-order valence-electron chi connectivity index (χ2n) is 5.22. The van der Waals surface area contributed by atoms with Crippen molar-refractivity contribution in [2.75, 3.05) is 13.1 Å². The van der Waals surface area contributed by atoms with E-state index in [0.29, 0.717) is 12.1 Å². The number of hydrogen-bond acceptors (Lipinski definition) is 3. The Hall–Kier alpha value is -1.37. The Kier molecular flexibility index (Phi) is 8.69. The molecule has 0 spiro atoms. The minimum absolute atomic E-state index is 0.497. The average Bonchev–Trinajstić information content (AvgIpc) is 2.50. The van der Waals surface area contributed by atoms with Crippen molar-refractivity contribution < 1.29 is 5.11 Å². The van der Waals surface area contributed by atoms with Gasteiger partial charge in [-0.05, 0) is 30.7 Å². The van der Waals surface area contributed by atoms with Gasteiger partial charge in [-0.3, -0.25) is 0 Å². The van der Waals surface area contributed by atoms with E-state index in [9.17, 15) is 5.11 Å². The van der Waals surface area contributed by atoms with Gasteiger partial charge in [0.05, 0.1) is 17.7 Å². The van der Waals surface area contributed by atoms with E-state index < -0.39 is 6.10 Å². The van der Waals surface area contributed by atoms with Gasteiger partial charge in [0.1, 0.15) is 0 Å². The van der Waals surface area contributed by atoms with Crippen LogP contribution in [0.4, 0.5) is 0 Å². The molecule has 0 aromatic heterocycles. The smallest absolute Gasteiger partial charge is 0.0991 e. The van der Waals surface area contributed by atoms with Gasteiger partial charge < -0.3 is 10.4 Å². The standard InChI is InChI=1S/C17H26N2O/c1-2-3-4-5-6-7-12-19-14-17(20)16-10-8-15(13-18)9-11-16/h8-11,17,19-20H,2-7,12,14H2,1H3. The topological polar surface area (TPSA) is 56.0 Å². The second kappa shape index (κ2) is 10.4. The van der Waals surface area contributed by atoms with Crippen molar-refractivity contribution in [3.05, 3.63) is 35.4 Å². The summed E-state index contributed by atoms with van der Waals surface area (Å²) >= 11 is 0. The number of hydrogen-bond donors (Lipinski definition) is 2. The fourth-order valence-electron chi connectivity index (χ4n) is 2.17. The summed E-state index contributed by atoms with van der Waals surface area (Å²) in [5.74, 6) is 0. The number of unbranched alkanes of at least 4 members (excludes halogenated alkanes) is 5. The Morgan fingerprint density at radius 2 is 1.75 bits per heavy atom. The highest BCUT2D eigenvalue weighted by Gasteiger charge is 2.06. The number of nitriles is 1. The Labute approximate surface area is 122 Å². The summed E-state index contributed by atoms with van der Waals surface area (Å²) in [7, 11) is 0. The van der Waals surface area contributed by atoms with Crippen molar-refractivity contribution in [2.24, 2.45) is 0 Å². The van der Waals surface area contributed by atoms with E-state index in [0.717, 1.165) is 12.1 Å². The van der Waals surface area contributed by atoms with Crippen LogP contribution in [0.1, 0.15) is 62.7 Å². The predicted octanol–water partition coefficient (Wildman–Crippen LogP) is 3.54. The fourth-order valence-corrected chi connectivity index (χ4v) is 2.17. The highest BCUT2D eigenvalue weighted by molar-refractivity contribution is 5.32. The molecule has 0 bridgehead atoms. The Bertz CT molecular complexity index is 394. The third kappa shape index (κ3) is 6.70. The Morgan fingerprint density at radius 3 is 2.40 bits per heavy atom. The summed E-state index contributed by atoms with van der Waals surface area (Å²) in [6, 6.07) is 9.19. The van der Waals surface area contributed by atoms with E-state index in [1.165, 1.54) is 38.5 Å². The highest BCUT2D eigenvalue weighted by Crippen LogP contribution is 2.12. The van der Waals surface area contributed by atoms with Gasteiger partial charge >= 0.3 is 0 Å². The first kappa shape index (κ1) is 16.7. The average molecular weight is 274 g/mol. The number of aliphatic hydroxyl groups excluding tert-OH is 1. The highest BCUT2D eigenvalue weighted by atomic mass is 16.3. The molecule has 0 saturated carbocycles. The van der Waals surface area contributed by atoms with Crippen molar-refractivity contribution in [3.8, 4) is 6.07 Å². The maximum absolute atomic E-state index is 10.0. The van der Waals surface area contributed by atoms with E-state index in [1.807, 2.05) is 12.1 Å². The lowest BCUT2D eigenvalue weighted by Gasteiger charge is -2.12. The van der Waals surface area contributed by atoms with Gasteiger partial charge in [0, 0.05) is 6.54 Å². The van der Waals surface area contributed by atoms with Crippen LogP contribution in [-0.2, 0) is 0 Å². The molecule has 110 valence electrons. The molecular weight excluding hydrogens is 248 g/mol. The molecule has 0 amide bonds. The molecule has 20 heavy (non-hydrogen) atoms. The van der Waals surface area contributed by atoms with Crippen LogP contribution in [0.2, 0.25) is 0 Å². The maximum Gasteiger partial charge on any atom is 0.0991 e. The monoisotopic (exact) mass is 274 g/mol. The third-order valence-electron chi connectivity index (χ3n) is 3.47. The molecule has 0 saturated heterocycles. The fraction of sp³-hybridized carbons (Fsp3) is 0.588. The molecule has 3 heteroatoms. The number of nitrogens with one attached hydrogen (secondary N) is 1. The van der Waals surface area contributed by atoms with Gasteiger partial charge in [0.25, 0.3) is 0 Å². The van der Waals surface area contributed by atoms with E-state index in [4.69, 9.17) is 5.26 Å². The summed E-state index contributed by atoms with van der Waals surface area (Å²) in [4.78, 5) is 0. The van der Waals surface area contributed by atoms with Crippen LogP contribution in [0.25, 0.3) is 0 Å². The van der Waals surface area contributed by atoms with Crippen LogP contribution in [0, 0.1) is 11.3 Å². The van der Waals surface area contributed by atoms with Crippen LogP contribution in [0.15, 0.2) is 24.3 Å². The van der Waals surface area contributed by atoms with Crippen molar-refractivity contribution in [3.63, 3.8) is 0 Å². The maximum atomic E-state index is 10.0. The summed E-state index contributed by atoms with van der Waals surface area (Å²) in [6.45, 7) is 3.76. The first-order valence-electron chi connectivity index (χ1n) is 7.66. The van der Waals surface area contributed by atoms with E-state index in [-0.39, 0.29) is 0 Å². The lowest BCUT2D eigenvalue weighted by atomic mass is 10.1. The number of aliphatic hydroxyl groups is 1. The zero-order valence-electron chi connectivity index (χ0n) is 12.4. The lowest BCUT2D eigenvalue weighted by molar-refractivity contribution is 0.174. The van der Waals surface area contributed by atoms with Gasteiger partial charge in [-0.2, -0.15) is 5.26 Å². The predicted molar refractivity (Wildman–Crippen MR) is 82.4 cm³/mol. The minimum Gasteiger partial charge on any atom is -0.387 e. The van der Waals surface area contributed by atoms with Gasteiger partial charge in [-0.15, -0.1) is 0 Å². The SMILES string of the molecule is CCCCCCCCNCC(O)c1ccc(C#N)cc1. The van der Waals surface area contributed by atoms with E-state index >= 15 is 0 Å². The van der Waals surface area contributed by atoms with Gasteiger partial charge in [-0.1, -0.05) is 51.2 Å². The molecule has 0 aliphatic carbocycles. The molecule has 1 unspecified atom stereocenters. The third-order valence-corrected chi connectivity index (χ3v) is 3.47.